The Kier molecular flexibility index (Phi) is 6.98. The van der Waals surface area contributed by atoms with Crippen LogP contribution >= 0.6 is 0 Å². The molecule has 0 heterocycles. The van der Waals surface area contributed by atoms with E-state index in [1.165, 1.54) is 5.56 Å². The molecule has 0 radical (unpaired) electrons. The first kappa shape index (κ1) is 14.9. The smallest absolute Gasteiger partial charge is 0.335 e. The Bertz CT molecular complexity index is 469. The van der Waals surface area contributed by atoms with Gasteiger partial charge in [0.1, 0.15) is 0 Å². The average Bonchev–Trinajstić information content (AvgIpc) is 2.48. The van der Waals surface area contributed by atoms with Crippen molar-refractivity contribution in [1.29, 1.82) is 0 Å². The molecule has 100 valence electrons. The number of aryl methyl sites for hydroxylation is 1. The van der Waals surface area contributed by atoms with Gasteiger partial charge >= 0.3 is 5.97 Å². The molecule has 3 heteroatoms. The molecule has 0 saturated carbocycles. The van der Waals surface area contributed by atoms with Crippen molar-refractivity contribution >= 4 is 5.97 Å². The number of carboxylic acids is 1. The quantitative estimate of drug-likeness (QED) is 0.885. The fourth-order valence-electron chi connectivity index (χ4n) is 1.53. The summed E-state index contributed by atoms with van der Waals surface area (Å²) in [5, 5.41) is 8.38. The third-order valence-electron chi connectivity index (χ3n) is 2.53. The molecule has 0 spiro atoms. The monoisotopic (exact) mass is 257 g/mol. The minimum absolute atomic E-state index is 0.331. The van der Waals surface area contributed by atoms with Crippen LogP contribution < -0.4 is 5.73 Å². The molecule has 0 unspecified atom stereocenters. The third-order valence-corrected chi connectivity index (χ3v) is 2.53. The highest BCUT2D eigenvalue weighted by atomic mass is 16.4. The Hall–Kier alpha value is -2.13. The van der Waals surface area contributed by atoms with Crippen LogP contribution in [0.4, 0.5) is 0 Å². The zero-order valence-corrected chi connectivity index (χ0v) is 10.8. The highest BCUT2D eigenvalue weighted by Crippen LogP contribution is 2.00. The van der Waals surface area contributed by atoms with Gasteiger partial charge in [0.05, 0.1) is 5.56 Å². The number of rotatable bonds is 4. The molecule has 0 aromatic heterocycles. The van der Waals surface area contributed by atoms with Gasteiger partial charge in [-0.2, -0.15) is 0 Å². The molecule has 0 aliphatic heterocycles. The van der Waals surface area contributed by atoms with E-state index < -0.39 is 5.97 Å². The van der Waals surface area contributed by atoms with Crippen molar-refractivity contribution in [2.24, 2.45) is 5.73 Å². The molecule has 2 rings (SSSR count). The number of carbonyl (C=O) groups is 1. The fourth-order valence-corrected chi connectivity index (χ4v) is 1.53. The second-order valence-electron chi connectivity index (χ2n) is 4.05. The molecule has 2 aromatic carbocycles. The van der Waals surface area contributed by atoms with Gasteiger partial charge < -0.3 is 10.8 Å². The van der Waals surface area contributed by atoms with Crippen molar-refractivity contribution in [3.8, 4) is 0 Å². The Labute approximate surface area is 113 Å². The zero-order valence-electron chi connectivity index (χ0n) is 10.8. The molecule has 0 aliphatic carbocycles. The SMILES string of the molecule is NCCCc1ccccc1.O=C(O)c1ccccc1. The van der Waals surface area contributed by atoms with Crippen LogP contribution in [0.5, 0.6) is 0 Å². The lowest BCUT2D eigenvalue weighted by atomic mass is 10.1. The van der Waals surface area contributed by atoms with Crippen LogP contribution in [-0.4, -0.2) is 17.6 Å². The molecular weight excluding hydrogens is 238 g/mol. The van der Waals surface area contributed by atoms with Crippen LogP contribution in [0.25, 0.3) is 0 Å². The van der Waals surface area contributed by atoms with Gasteiger partial charge in [-0.15, -0.1) is 0 Å². The first-order valence-corrected chi connectivity index (χ1v) is 6.26. The average molecular weight is 257 g/mol. The van der Waals surface area contributed by atoms with Crippen molar-refractivity contribution in [3.63, 3.8) is 0 Å². The summed E-state index contributed by atoms with van der Waals surface area (Å²) in [5.74, 6) is -0.879. The molecule has 0 bridgehead atoms. The van der Waals surface area contributed by atoms with Crippen molar-refractivity contribution < 1.29 is 9.90 Å². The summed E-state index contributed by atoms with van der Waals surface area (Å²) in [6, 6.07) is 18.7. The van der Waals surface area contributed by atoms with Gasteiger partial charge in [0.2, 0.25) is 0 Å². The molecule has 2 aromatic rings. The van der Waals surface area contributed by atoms with Crippen LogP contribution in [0.1, 0.15) is 22.3 Å². The van der Waals surface area contributed by atoms with E-state index in [9.17, 15) is 4.79 Å². The van der Waals surface area contributed by atoms with Gasteiger partial charge in [-0.1, -0.05) is 48.5 Å². The summed E-state index contributed by atoms with van der Waals surface area (Å²) in [7, 11) is 0. The topological polar surface area (TPSA) is 63.3 Å². The summed E-state index contributed by atoms with van der Waals surface area (Å²) in [4.78, 5) is 10.2. The van der Waals surface area contributed by atoms with Crippen LogP contribution in [0.15, 0.2) is 60.7 Å². The Morgan fingerprint density at radius 1 is 0.947 bits per heavy atom. The molecule has 0 aliphatic rings. The van der Waals surface area contributed by atoms with Gasteiger partial charge in [0.25, 0.3) is 0 Å². The fraction of sp³-hybridized carbons (Fsp3) is 0.188. The number of nitrogens with two attached hydrogens (primary N) is 1. The number of carboxylic acid groups (broad SMARTS) is 1. The van der Waals surface area contributed by atoms with Gasteiger partial charge in [0.15, 0.2) is 0 Å². The highest BCUT2D eigenvalue weighted by molar-refractivity contribution is 5.87. The second-order valence-corrected chi connectivity index (χ2v) is 4.05. The molecule has 0 atom stereocenters. The molecule has 0 amide bonds. The lowest BCUT2D eigenvalue weighted by Crippen LogP contribution is -1.99. The van der Waals surface area contributed by atoms with Crippen LogP contribution in [-0.2, 0) is 6.42 Å². The minimum atomic E-state index is -0.879. The van der Waals surface area contributed by atoms with E-state index >= 15 is 0 Å². The van der Waals surface area contributed by atoms with E-state index in [1.807, 2.05) is 6.07 Å². The Morgan fingerprint density at radius 2 is 1.47 bits per heavy atom. The van der Waals surface area contributed by atoms with E-state index in [1.54, 1.807) is 30.3 Å². The summed E-state index contributed by atoms with van der Waals surface area (Å²) >= 11 is 0. The van der Waals surface area contributed by atoms with E-state index in [0.717, 1.165) is 19.4 Å². The third kappa shape index (κ3) is 6.38. The number of benzene rings is 2. The van der Waals surface area contributed by atoms with E-state index in [0.29, 0.717) is 5.56 Å². The predicted molar refractivity (Wildman–Crippen MR) is 77.2 cm³/mol. The standard InChI is InChI=1S/C9H13N.C7H6O2/c10-8-4-7-9-5-2-1-3-6-9;8-7(9)6-4-2-1-3-5-6/h1-3,5-6H,4,7-8,10H2;1-5H,(H,8,9). The Balaban J connectivity index is 0.000000191. The van der Waals surface area contributed by atoms with Gasteiger partial charge in [-0.3, -0.25) is 0 Å². The summed E-state index contributed by atoms with van der Waals surface area (Å²) in [6.45, 7) is 0.787. The number of hydrogen-bond acceptors (Lipinski definition) is 2. The van der Waals surface area contributed by atoms with Crippen molar-refractivity contribution in [2.75, 3.05) is 6.54 Å². The maximum atomic E-state index is 10.2. The summed E-state index contributed by atoms with van der Waals surface area (Å²) < 4.78 is 0. The van der Waals surface area contributed by atoms with E-state index in [-0.39, 0.29) is 0 Å². The molecule has 3 N–H and O–H groups in total. The van der Waals surface area contributed by atoms with Crippen molar-refractivity contribution in [2.45, 2.75) is 12.8 Å². The molecule has 0 fully saturated rings. The maximum absolute atomic E-state index is 10.2. The summed E-state index contributed by atoms with van der Waals surface area (Å²) in [6.07, 6.45) is 2.20. The zero-order chi connectivity index (χ0) is 13.9. The van der Waals surface area contributed by atoms with E-state index in [4.69, 9.17) is 10.8 Å². The van der Waals surface area contributed by atoms with Crippen LogP contribution in [0, 0.1) is 0 Å². The Morgan fingerprint density at radius 3 is 1.89 bits per heavy atom. The lowest BCUT2D eigenvalue weighted by molar-refractivity contribution is 0.0697. The maximum Gasteiger partial charge on any atom is 0.335 e. The summed E-state index contributed by atoms with van der Waals surface area (Å²) in [5.41, 5.74) is 7.09. The predicted octanol–water partition coefficient (Wildman–Crippen LogP) is 2.96. The lowest BCUT2D eigenvalue weighted by Gasteiger charge is -1.96. The first-order valence-electron chi connectivity index (χ1n) is 6.26. The number of hydrogen-bond donors (Lipinski definition) is 2. The van der Waals surface area contributed by atoms with E-state index in [2.05, 4.69) is 24.3 Å². The van der Waals surface area contributed by atoms with Gasteiger partial charge in [-0.25, -0.2) is 4.79 Å². The van der Waals surface area contributed by atoms with Crippen LogP contribution in [0.3, 0.4) is 0 Å². The molecule has 0 saturated heterocycles. The highest BCUT2D eigenvalue weighted by Gasteiger charge is 1.96. The largest absolute Gasteiger partial charge is 0.478 e. The molecule has 3 nitrogen and oxygen atoms in total. The molecule has 19 heavy (non-hydrogen) atoms. The van der Waals surface area contributed by atoms with Crippen LogP contribution in [0.2, 0.25) is 0 Å². The van der Waals surface area contributed by atoms with Gasteiger partial charge in [0, 0.05) is 0 Å². The van der Waals surface area contributed by atoms with Gasteiger partial charge in [-0.05, 0) is 37.1 Å². The number of aromatic carboxylic acids is 1. The normalized spacial score (nSPS) is 9.32. The van der Waals surface area contributed by atoms with Crippen molar-refractivity contribution in [1.82, 2.24) is 0 Å². The first-order chi connectivity index (χ1) is 9.24. The molecular formula is C16H19NO2. The van der Waals surface area contributed by atoms with Crippen molar-refractivity contribution in [3.05, 3.63) is 71.8 Å². The second kappa shape index (κ2) is 8.89. The minimum Gasteiger partial charge on any atom is -0.478 e.